The molecule has 1 heterocycles. The molecule has 0 aliphatic carbocycles. The molecule has 2 aromatic rings. The second-order valence-corrected chi connectivity index (χ2v) is 5.97. The second kappa shape index (κ2) is 10.9. The van der Waals surface area contributed by atoms with Crippen LogP contribution < -0.4 is 16.0 Å². The number of pyridine rings is 1. The molecule has 0 spiro atoms. The smallest absolute Gasteiger partial charge is 0.251 e. The fraction of sp³-hybridized carbons (Fsp3) is 0.350. The zero-order chi connectivity index (χ0) is 19.5. The van der Waals surface area contributed by atoms with E-state index in [1.807, 2.05) is 25.1 Å². The summed E-state index contributed by atoms with van der Waals surface area (Å²) in [6, 6.07) is 11.1. The lowest BCUT2D eigenvalue weighted by molar-refractivity contribution is 0.0963. The van der Waals surface area contributed by atoms with Crippen LogP contribution >= 0.6 is 0 Å². The summed E-state index contributed by atoms with van der Waals surface area (Å²) < 4.78 is 0. The normalized spacial score (nSPS) is 12.3. The number of nitrogens with zero attached hydrogens (tertiary/aromatic N) is 2. The quantitative estimate of drug-likeness (QED) is 0.415. The molecule has 7 nitrogen and oxygen atoms in total. The lowest BCUT2D eigenvalue weighted by Crippen LogP contribution is -2.38. The van der Waals surface area contributed by atoms with Crippen LogP contribution in [0.1, 0.15) is 34.5 Å². The van der Waals surface area contributed by atoms with Crippen molar-refractivity contribution in [1.82, 2.24) is 20.9 Å². The number of nitrogens with one attached hydrogen (secondary N) is 3. The monoisotopic (exact) mass is 369 g/mol. The van der Waals surface area contributed by atoms with E-state index in [9.17, 15) is 9.90 Å². The lowest BCUT2D eigenvalue weighted by atomic mass is 10.1. The minimum Gasteiger partial charge on any atom is -0.386 e. The minimum absolute atomic E-state index is 0.0928. The maximum atomic E-state index is 11.7. The summed E-state index contributed by atoms with van der Waals surface area (Å²) in [6.07, 6.45) is 3.38. The molecule has 7 heteroatoms. The van der Waals surface area contributed by atoms with Gasteiger partial charge in [0.2, 0.25) is 0 Å². The Kier molecular flexibility index (Phi) is 8.25. The van der Waals surface area contributed by atoms with Gasteiger partial charge >= 0.3 is 0 Å². The van der Waals surface area contributed by atoms with E-state index in [0.717, 1.165) is 24.1 Å². The van der Waals surface area contributed by atoms with Gasteiger partial charge in [-0.3, -0.25) is 14.8 Å². The first-order valence-electron chi connectivity index (χ1n) is 9.05. The van der Waals surface area contributed by atoms with Gasteiger partial charge in [-0.05, 0) is 48.7 Å². The maximum Gasteiger partial charge on any atom is 0.251 e. The topological polar surface area (TPSA) is 98.6 Å². The zero-order valence-corrected chi connectivity index (χ0v) is 15.8. The molecule has 0 aliphatic heterocycles. The molecule has 0 radical (unpaired) electrons. The minimum atomic E-state index is -0.673. The Morgan fingerprint density at radius 2 is 2.00 bits per heavy atom. The first-order chi connectivity index (χ1) is 13.1. The average molecular weight is 369 g/mol. The summed E-state index contributed by atoms with van der Waals surface area (Å²) in [7, 11) is 1.62. The molecule has 1 amide bonds. The van der Waals surface area contributed by atoms with Crippen molar-refractivity contribution in [2.75, 3.05) is 26.7 Å². The highest BCUT2D eigenvalue weighted by Gasteiger charge is 2.07. The van der Waals surface area contributed by atoms with E-state index in [2.05, 4.69) is 25.9 Å². The number of aliphatic hydroxyl groups excluding tert-OH is 1. The molecule has 1 aromatic carbocycles. The van der Waals surface area contributed by atoms with Gasteiger partial charge in [0.15, 0.2) is 5.96 Å². The van der Waals surface area contributed by atoms with E-state index in [-0.39, 0.29) is 12.5 Å². The second-order valence-electron chi connectivity index (χ2n) is 5.97. The maximum absolute atomic E-state index is 11.7. The number of rotatable bonds is 8. The van der Waals surface area contributed by atoms with Crippen molar-refractivity contribution in [3.63, 3.8) is 0 Å². The number of carbonyl (C=O) groups excluding carboxylic acids is 1. The Bertz CT molecular complexity index is 749. The number of aromatic nitrogens is 1. The summed E-state index contributed by atoms with van der Waals surface area (Å²) in [6.45, 7) is 3.63. The molecule has 144 valence electrons. The van der Waals surface area contributed by atoms with Gasteiger partial charge in [0.25, 0.3) is 5.91 Å². The Morgan fingerprint density at radius 1 is 1.22 bits per heavy atom. The third-order valence-electron chi connectivity index (χ3n) is 3.98. The highest BCUT2D eigenvalue weighted by Crippen LogP contribution is 2.11. The third-order valence-corrected chi connectivity index (χ3v) is 3.98. The summed E-state index contributed by atoms with van der Waals surface area (Å²) >= 11 is 0. The molecule has 0 saturated heterocycles. The van der Waals surface area contributed by atoms with Crippen molar-refractivity contribution in [2.45, 2.75) is 19.4 Å². The van der Waals surface area contributed by atoms with Crippen molar-refractivity contribution in [3.8, 4) is 0 Å². The predicted molar refractivity (Wildman–Crippen MR) is 107 cm³/mol. The largest absolute Gasteiger partial charge is 0.386 e. The summed E-state index contributed by atoms with van der Waals surface area (Å²) in [5, 5.41) is 19.3. The van der Waals surface area contributed by atoms with Gasteiger partial charge in [-0.25, -0.2) is 0 Å². The third kappa shape index (κ3) is 6.71. The number of amides is 1. The van der Waals surface area contributed by atoms with Crippen LogP contribution in [0.15, 0.2) is 53.8 Å². The molecule has 1 unspecified atom stereocenters. The Hall–Kier alpha value is -2.93. The molecule has 0 aliphatic rings. The molecular formula is C20H27N5O2. The lowest BCUT2D eigenvalue weighted by Gasteiger charge is -2.13. The van der Waals surface area contributed by atoms with Crippen molar-refractivity contribution in [1.29, 1.82) is 0 Å². The van der Waals surface area contributed by atoms with Gasteiger partial charge in [0, 0.05) is 38.1 Å². The van der Waals surface area contributed by atoms with E-state index in [4.69, 9.17) is 0 Å². The van der Waals surface area contributed by atoms with Crippen LogP contribution in [0.5, 0.6) is 0 Å². The molecule has 4 N–H and O–H groups in total. The zero-order valence-electron chi connectivity index (χ0n) is 15.8. The highest BCUT2D eigenvalue weighted by atomic mass is 16.3. The van der Waals surface area contributed by atoms with Crippen LogP contribution in [0, 0.1) is 0 Å². The van der Waals surface area contributed by atoms with Gasteiger partial charge in [-0.2, -0.15) is 0 Å². The van der Waals surface area contributed by atoms with Crippen LogP contribution in [0.4, 0.5) is 0 Å². The fourth-order valence-corrected chi connectivity index (χ4v) is 2.55. The molecule has 0 bridgehead atoms. The van der Waals surface area contributed by atoms with Crippen molar-refractivity contribution >= 4 is 11.9 Å². The predicted octanol–water partition coefficient (Wildman–Crippen LogP) is 1.27. The fourth-order valence-electron chi connectivity index (χ4n) is 2.55. The Labute approximate surface area is 159 Å². The number of aliphatic hydroxyl groups is 1. The summed E-state index contributed by atoms with van der Waals surface area (Å²) in [5.74, 6) is 0.554. The molecule has 1 atom stereocenters. The van der Waals surface area contributed by atoms with Crippen molar-refractivity contribution < 1.29 is 9.90 Å². The number of guanidine groups is 1. The Morgan fingerprint density at radius 3 is 2.70 bits per heavy atom. The molecular weight excluding hydrogens is 342 g/mol. The van der Waals surface area contributed by atoms with E-state index >= 15 is 0 Å². The van der Waals surface area contributed by atoms with Gasteiger partial charge in [0.05, 0.1) is 12.6 Å². The number of benzene rings is 1. The standard InChI is InChI=1S/C20H27N5O2/c1-3-23-20(25-14-18(26)16-8-10-22-11-9-16)24-12-7-15-5-4-6-17(13-15)19(27)21-2/h4-6,8-11,13,18,26H,3,7,12,14H2,1-2H3,(H,21,27)(H2,23,24,25). The van der Waals surface area contributed by atoms with E-state index in [1.54, 1.807) is 37.6 Å². The van der Waals surface area contributed by atoms with Gasteiger partial charge in [0.1, 0.15) is 0 Å². The van der Waals surface area contributed by atoms with Gasteiger partial charge < -0.3 is 21.1 Å². The highest BCUT2D eigenvalue weighted by molar-refractivity contribution is 5.94. The van der Waals surface area contributed by atoms with Crippen LogP contribution in [-0.2, 0) is 6.42 Å². The SMILES string of the molecule is CCNC(=NCC(O)c1ccncc1)NCCc1cccc(C(=O)NC)c1. The molecule has 2 rings (SSSR count). The molecule has 27 heavy (non-hydrogen) atoms. The van der Waals surface area contributed by atoms with Crippen LogP contribution in [0.25, 0.3) is 0 Å². The van der Waals surface area contributed by atoms with E-state index in [1.165, 1.54) is 0 Å². The van der Waals surface area contributed by atoms with E-state index < -0.39 is 6.10 Å². The van der Waals surface area contributed by atoms with Crippen molar-refractivity contribution in [2.24, 2.45) is 4.99 Å². The Balaban J connectivity index is 1.89. The first kappa shape index (κ1) is 20.4. The van der Waals surface area contributed by atoms with Gasteiger partial charge in [-0.15, -0.1) is 0 Å². The number of hydrogen-bond acceptors (Lipinski definition) is 4. The molecule has 0 saturated carbocycles. The first-order valence-corrected chi connectivity index (χ1v) is 9.05. The average Bonchev–Trinajstić information content (AvgIpc) is 2.72. The van der Waals surface area contributed by atoms with Crippen LogP contribution in [0.2, 0.25) is 0 Å². The van der Waals surface area contributed by atoms with Crippen LogP contribution in [-0.4, -0.2) is 48.6 Å². The van der Waals surface area contributed by atoms with Crippen molar-refractivity contribution in [3.05, 3.63) is 65.5 Å². The molecule has 1 aromatic heterocycles. The number of aliphatic imine (C=N–C) groups is 1. The van der Waals surface area contributed by atoms with E-state index in [0.29, 0.717) is 18.1 Å². The summed E-state index contributed by atoms with van der Waals surface area (Å²) in [5.41, 5.74) is 2.50. The molecule has 0 fully saturated rings. The number of carbonyl (C=O) groups is 1. The van der Waals surface area contributed by atoms with Crippen LogP contribution in [0.3, 0.4) is 0 Å². The summed E-state index contributed by atoms with van der Waals surface area (Å²) in [4.78, 5) is 20.1. The number of hydrogen-bond donors (Lipinski definition) is 4. The van der Waals surface area contributed by atoms with Gasteiger partial charge in [-0.1, -0.05) is 12.1 Å².